The number of nitrogens with one attached hydrogen (secondary N) is 5. The van der Waals surface area contributed by atoms with Crippen molar-refractivity contribution in [2.75, 3.05) is 22.5 Å². The molecule has 366 valence electrons. The van der Waals surface area contributed by atoms with Crippen LogP contribution in [0.25, 0.3) is 10.4 Å². The van der Waals surface area contributed by atoms with Gasteiger partial charge in [0, 0.05) is 43.6 Å². The number of thiazole rings is 1. The van der Waals surface area contributed by atoms with E-state index in [1.54, 1.807) is 80.6 Å². The van der Waals surface area contributed by atoms with Gasteiger partial charge in [0.2, 0.25) is 23.6 Å². The predicted molar refractivity (Wildman–Crippen MR) is 267 cm³/mol. The lowest BCUT2D eigenvalue weighted by Gasteiger charge is -2.35. The zero-order chi connectivity index (χ0) is 49.4. The van der Waals surface area contributed by atoms with Crippen LogP contribution in [-0.2, 0) is 30.5 Å². The minimum Gasteiger partial charge on any atom is -0.444 e. The maximum atomic E-state index is 14.0. The van der Waals surface area contributed by atoms with Crippen LogP contribution in [0.2, 0.25) is 0 Å². The van der Waals surface area contributed by atoms with Gasteiger partial charge in [-0.2, -0.15) is 0 Å². The van der Waals surface area contributed by atoms with Gasteiger partial charge in [-0.25, -0.2) is 9.78 Å². The second-order valence-electron chi connectivity index (χ2n) is 19.5. The molecule has 0 saturated carbocycles. The molecule has 4 aromatic rings. The Morgan fingerprint density at radius 3 is 1.93 bits per heavy atom. The molecule has 68 heavy (non-hydrogen) atoms. The van der Waals surface area contributed by atoms with Gasteiger partial charge in [0.25, 0.3) is 5.91 Å². The lowest BCUT2D eigenvalue weighted by molar-refractivity contribution is -0.144. The Balaban J connectivity index is 0.942. The number of nitrogens with zero attached hydrogens (tertiary/aromatic N) is 2. The smallest absolute Gasteiger partial charge is 0.412 e. The molecule has 0 unspecified atom stereocenters. The number of amides is 6. The summed E-state index contributed by atoms with van der Waals surface area (Å²) in [5.41, 5.74) is 5.23. The first-order chi connectivity index (χ1) is 32.3. The summed E-state index contributed by atoms with van der Waals surface area (Å²) >= 11 is 1.58. The Kier molecular flexibility index (Phi) is 19.2. The molecular formula is C52H69N7O8S. The number of aryl methyl sites for hydroxylation is 1. The number of carbonyl (C=O) groups excluding carboxylic acids is 6. The van der Waals surface area contributed by atoms with E-state index in [4.69, 9.17) is 4.74 Å². The number of aliphatic hydroxyl groups excluding tert-OH is 1. The van der Waals surface area contributed by atoms with E-state index in [9.17, 15) is 33.9 Å². The Bertz CT molecular complexity index is 2340. The SMILES string of the molecule is Cc1ncsc1-c1ccc(CNC(=O)[C@@H]2C[C@H](O)CN2C(=O)[C@@H](NC(=O)CCCCCCCCCCC(=O)Nc2ccc(C(=O)Nc3ccccc3NC(=O)OC(C)(C)C)cc2)C(C)(C)C)cc1. The largest absolute Gasteiger partial charge is 0.444 e. The van der Waals surface area contributed by atoms with E-state index in [0.29, 0.717) is 35.5 Å². The predicted octanol–water partition coefficient (Wildman–Crippen LogP) is 9.37. The van der Waals surface area contributed by atoms with E-state index in [0.717, 1.165) is 66.6 Å². The Morgan fingerprint density at radius 2 is 1.35 bits per heavy atom. The van der Waals surface area contributed by atoms with Crippen LogP contribution in [0.15, 0.2) is 78.3 Å². The van der Waals surface area contributed by atoms with E-state index >= 15 is 0 Å². The topological polar surface area (TPSA) is 208 Å². The molecule has 0 spiro atoms. The number of rotatable bonds is 21. The van der Waals surface area contributed by atoms with Gasteiger partial charge in [-0.15, -0.1) is 11.3 Å². The van der Waals surface area contributed by atoms with Crippen molar-refractivity contribution in [3.63, 3.8) is 0 Å². The lowest BCUT2D eigenvalue weighted by Crippen LogP contribution is -2.57. The first-order valence-electron chi connectivity index (χ1n) is 23.6. The molecule has 1 aromatic heterocycles. The van der Waals surface area contributed by atoms with Crippen molar-refractivity contribution in [1.82, 2.24) is 20.5 Å². The Hall–Kier alpha value is -6.13. The molecule has 6 N–H and O–H groups in total. The van der Waals surface area contributed by atoms with Crippen molar-refractivity contribution < 1.29 is 38.6 Å². The second kappa shape index (κ2) is 24.8. The minimum absolute atomic E-state index is 0.0188. The maximum Gasteiger partial charge on any atom is 0.412 e. The highest BCUT2D eigenvalue weighted by Gasteiger charge is 2.44. The third kappa shape index (κ3) is 16.6. The van der Waals surface area contributed by atoms with Gasteiger partial charge in [-0.3, -0.25) is 29.3 Å². The van der Waals surface area contributed by atoms with Crippen LogP contribution in [0.1, 0.15) is 134 Å². The highest BCUT2D eigenvalue weighted by molar-refractivity contribution is 7.13. The van der Waals surface area contributed by atoms with E-state index < -0.39 is 35.3 Å². The van der Waals surface area contributed by atoms with Crippen LogP contribution in [0.3, 0.4) is 0 Å². The molecule has 0 aliphatic carbocycles. The Labute approximate surface area is 404 Å². The van der Waals surface area contributed by atoms with Crippen molar-refractivity contribution >= 4 is 64.0 Å². The van der Waals surface area contributed by atoms with Gasteiger partial charge >= 0.3 is 6.09 Å². The zero-order valence-corrected chi connectivity index (χ0v) is 41.4. The van der Waals surface area contributed by atoms with Crippen molar-refractivity contribution in [2.24, 2.45) is 5.41 Å². The number of ether oxygens (including phenoxy) is 1. The number of para-hydroxylation sites is 2. The molecule has 3 atom stereocenters. The number of aromatic nitrogens is 1. The molecule has 15 nitrogen and oxygen atoms in total. The highest BCUT2D eigenvalue weighted by atomic mass is 32.1. The number of hydrogen-bond acceptors (Lipinski definition) is 10. The minimum atomic E-state index is -0.868. The van der Waals surface area contributed by atoms with Crippen LogP contribution >= 0.6 is 11.3 Å². The van der Waals surface area contributed by atoms with Gasteiger partial charge in [-0.1, -0.05) is 95.7 Å². The molecular weight excluding hydrogens is 883 g/mol. The van der Waals surface area contributed by atoms with Gasteiger partial charge in [0.15, 0.2) is 0 Å². The van der Waals surface area contributed by atoms with E-state index in [1.807, 2.05) is 57.5 Å². The van der Waals surface area contributed by atoms with Gasteiger partial charge < -0.3 is 36.0 Å². The lowest BCUT2D eigenvalue weighted by atomic mass is 9.85. The van der Waals surface area contributed by atoms with Crippen LogP contribution < -0.4 is 26.6 Å². The van der Waals surface area contributed by atoms with E-state index in [-0.39, 0.29) is 55.5 Å². The molecule has 16 heteroatoms. The highest BCUT2D eigenvalue weighted by Crippen LogP contribution is 2.29. The van der Waals surface area contributed by atoms with Gasteiger partial charge in [0.05, 0.1) is 33.6 Å². The van der Waals surface area contributed by atoms with E-state index in [1.165, 1.54) is 4.90 Å². The van der Waals surface area contributed by atoms with Crippen molar-refractivity contribution in [3.05, 3.63) is 95.1 Å². The summed E-state index contributed by atoms with van der Waals surface area (Å²) in [6.45, 7) is 13.2. The third-order valence-corrected chi connectivity index (χ3v) is 12.5. The normalized spacial score (nSPS) is 15.3. The first kappa shape index (κ1) is 52.8. The summed E-state index contributed by atoms with van der Waals surface area (Å²) in [5, 5.41) is 24.8. The molecule has 0 bridgehead atoms. The van der Waals surface area contributed by atoms with Crippen molar-refractivity contribution in [2.45, 2.75) is 149 Å². The molecule has 5 rings (SSSR count). The molecule has 0 radical (unpaired) electrons. The summed E-state index contributed by atoms with van der Waals surface area (Å²) in [4.78, 5) is 85.3. The number of β-amino-alcohol motifs (C(OH)–C–C–N with tert-alkyl or cyclic N) is 1. The fourth-order valence-electron chi connectivity index (χ4n) is 7.88. The molecule has 1 aliphatic heterocycles. The number of unbranched alkanes of at least 4 members (excludes halogenated alkanes) is 7. The number of benzene rings is 3. The number of aliphatic hydroxyl groups is 1. The first-order valence-corrected chi connectivity index (χ1v) is 24.5. The van der Waals surface area contributed by atoms with Crippen LogP contribution in [0.4, 0.5) is 21.9 Å². The number of hydrogen-bond donors (Lipinski definition) is 6. The van der Waals surface area contributed by atoms with Crippen LogP contribution in [-0.4, -0.2) is 81.0 Å². The molecule has 6 amide bonds. The summed E-state index contributed by atoms with van der Waals surface area (Å²) in [5.74, 6) is -1.42. The fourth-order valence-corrected chi connectivity index (χ4v) is 8.69. The monoisotopic (exact) mass is 951 g/mol. The standard InChI is InChI=1S/C52H69N7O8S/c1-34-45(68-33-54-34)36-24-22-35(23-25-36)31-53-48(64)42-30-39(60)32-59(42)49(65)46(51(2,3)4)58-44(62)21-15-13-11-9-8-10-12-14-20-43(61)55-38-28-26-37(27-29-38)47(63)56-40-18-16-17-19-41(40)57-50(66)67-52(5,6)7/h16-19,22-29,33,39,42,46,60H,8-15,20-21,30-32H2,1-7H3,(H,53,64)(H,55,61)(H,56,63)(H,57,66)(H,58,62)/t39-,42-,46+/m0/s1. The molecule has 3 aromatic carbocycles. The van der Waals surface area contributed by atoms with Crippen LogP contribution in [0.5, 0.6) is 0 Å². The molecule has 2 heterocycles. The maximum absolute atomic E-state index is 14.0. The van der Waals surface area contributed by atoms with Crippen LogP contribution in [0, 0.1) is 12.3 Å². The average Bonchev–Trinajstić information content (AvgIpc) is 3.90. The number of carbonyl (C=O) groups is 6. The summed E-state index contributed by atoms with van der Waals surface area (Å²) < 4.78 is 5.32. The van der Waals surface area contributed by atoms with Crippen molar-refractivity contribution in [3.8, 4) is 10.4 Å². The molecule has 1 saturated heterocycles. The summed E-state index contributed by atoms with van der Waals surface area (Å²) in [6, 6.07) is 19.6. The summed E-state index contributed by atoms with van der Waals surface area (Å²) in [6.07, 6.45) is 6.54. The van der Waals surface area contributed by atoms with Gasteiger partial charge in [-0.05, 0) is 93.5 Å². The fraction of sp³-hybridized carbons (Fsp3) is 0.481. The molecule has 1 aliphatic rings. The summed E-state index contributed by atoms with van der Waals surface area (Å²) in [7, 11) is 0. The number of anilines is 3. The van der Waals surface area contributed by atoms with Crippen molar-refractivity contribution in [1.29, 1.82) is 0 Å². The number of likely N-dealkylation sites (tertiary alicyclic amines) is 1. The Morgan fingerprint density at radius 1 is 0.765 bits per heavy atom. The molecule has 1 fully saturated rings. The zero-order valence-electron chi connectivity index (χ0n) is 40.5. The van der Waals surface area contributed by atoms with E-state index in [2.05, 4.69) is 31.6 Å². The second-order valence-corrected chi connectivity index (χ2v) is 20.4. The third-order valence-electron chi connectivity index (χ3n) is 11.5. The quantitative estimate of drug-likeness (QED) is 0.0439. The average molecular weight is 952 g/mol. The van der Waals surface area contributed by atoms with Gasteiger partial charge in [0.1, 0.15) is 17.7 Å².